The molecule has 9 aromatic rings. The van der Waals surface area contributed by atoms with Gasteiger partial charge in [-0.05, 0) is 97.5 Å². The Bertz CT molecular complexity index is 3380. The number of nitrogens with zero attached hydrogens (tertiary/aromatic N) is 4. The number of hydrogen-bond donors (Lipinski definition) is 0. The van der Waals surface area contributed by atoms with Gasteiger partial charge in [-0.1, -0.05) is 125 Å². The number of ether oxygens (including phenoxy) is 1. The van der Waals surface area contributed by atoms with Crippen molar-refractivity contribution in [1.82, 2.24) is 18.7 Å². The zero-order chi connectivity index (χ0) is 45.1. The van der Waals surface area contributed by atoms with E-state index in [0.717, 1.165) is 61.9 Å². The number of para-hydroxylation sites is 4. The van der Waals surface area contributed by atoms with Gasteiger partial charge >= 0.3 is 27.1 Å². The topological polar surface area (TPSA) is 33.1 Å². The first-order valence-corrected chi connectivity index (χ1v) is 22.1. The molecule has 0 fully saturated rings. The van der Waals surface area contributed by atoms with Gasteiger partial charge in [0.15, 0.2) is 0 Å². The van der Waals surface area contributed by atoms with Crippen molar-refractivity contribution in [2.45, 2.75) is 65.7 Å². The molecular formula is C58H48F2N4OPt+2. The number of rotatable bonds is 9. The van der Waals surface area contributed by atoms with Gasteiger partial charge in [0.1, 0.15) is 23.1 Å². The van der Waals surface area contributed by atoms with Gasteiger partial charge in [-0.3, -0.25) is 0 Å². The standard InChI is InChI=1S/C58H48F2N4O.Pt/c1-36(2)38-26-39(37(3)4)28-40(27-38)48-17-13-18-49(41-29-43(59)32-44(60)30-41)57(48)63-35-62(53-20-10-11-21-54(53)63)45-14-12-15-46(33-45)65-47-22-23-51-50-16-8-9-19-52(50)64(55(51)34-47)56-31-42(24-25-61-56)58(5,6)7;/h8-32,36-37H,1-7H3;/q;+2. The van der Waals surface area contributed by atoms with Crippen molar-refractivity contribution in [1.29, 1.82) is 0 Å². The third-order valence-electron chi connectivity index (χ3n) is 12.2. The van der Waals surface area contributed by atoms with Gasteiger partial charge in [0, 0.05) is 41.4 Å². The van der Waals surface area contributed by atoms with Crippen LogP contribution in [0.5, 0.6) is 11.5 Å². The molecule has 0 radical (unpaired) electrons. The van der Waals surface area contributed by atoms with E-state index in [2.05, 4.69) is 132 Å². The van der Waals surface area contributed by atoms with Crippen LogP contribution in [0.3, 0.4) is 0 Å². The molecule has 1 aliphatic rings. The second-order valence-corrected chi connectivity index (χ2v) is 18.4. The third kappa shape index (κ3) is 8.23. The molecule has 66 heavy (non-hydrogen) atoms. The molecule has 0 saturated carbocycles. The number of pyridine rings is 1. The van der Waals surface area contributed by atoms with Gasteiger partial charge in [-0.15, -0.1) is 23.6 Å². The Morgan fingerprint density at radius 3 is 1.92 bits per heavy atom. The summed E-state index contributed by atoms with van der Waals surface area (Å²) in [5.74, 6) is 1.12. The number of hydrogen-bond acceptors (Lipinski definition) is 2. The van der Waals surface area contributed by atoms with Crippen LogP contribution in [0.15, 0.2) is 152 Å². The molecule has 0 spiro atoms. The van der Waals surface area contributed by atoms with Crippen LogP contribution >= 0.6 is 0 Å². The Morgan fingerprint density at radius 2 is 1.24 bits per heavy atom. The molecule has 0 atom stereocenters. The molecule has 7 aromatic carbocycles. The number of benzene rings is 7. The van der Waals surface area contributed by atoms with E-state index in [4.69, 9.17) is 9.72 Å². The SMILES string of the molecule is CC(C)c1cc(-c2cccc(-c3cc(F)cc(F)c3)c2[N+]2=C=[N+](c3[c-]c(Oc4[c-]c5c(cc4)c4ccccc4n5-c4cc(C(C)(C)C)ccn4)ccc3)c3ccccc32)cc(C(C)C)c1.[Pt+2]. The van der Waals surface area contributed by atoms with Gasteiger partial charge in [0.2, 0.25) is 5.69 Å². The summed E-state index contributed by atoms with van der Waals surface area (Å²) in [6.07, 6.45) is 1.87. The van der Waals surface area contributed by atoms with Crippen molar-refractivity contribution in [3.05, 3.63) is 192 Å². The minimum Gasteiger partial charge on any atom is -0.509 e. The molecule has 0 N–H and O–H groups in total. The minimum absolute atomic E-state index is 0. The predicted molar refractivity (Wildman–Crippen MR) is 261 cm³/mol. The molecule has 0 amide bonds. The van der Waals surface area contributed by atoms with Gasteiger partial charge in [-0.2, -0.15) is 12.1 Å². The summed E-state index contributed by atoms with van der Waals surface area (Å²) in [7, 11) is 0. The number of fused-ring (bicyclic) bond motifs is 4. The first kappa shape index (κ1) is 44.4. The Labute approximate surface area is 399 Å². The largest absolute Gasteiger partial charge is 2.00 e. The molecule has 3 heterocycles. The van der Waals surface area contributed by atoms with Crippen LogP contribution in [0.25, 0.3) is 49.9 Å². The van der Waals surface area contributed by atoms with Crippen LogP contribution < -0.4 is 13.9 Å². The Kier molecular flexibility index (Phi) is 11.8. The maximum absolute atomic E-state index is 15.0. The van der Waals surface area contributed by atoms with Crippen molar-refractivity contribution >= 4 is 50.6 Å². The summed E-state index contributed by atoms with van der Waals surface area (Å²) in [4.78, 5) is 4.83. The fourth-order valence-corrected chi connectivity index (χ4v) is 8.79. The van der Waals surface area contributed by atoms with Crippen molar-refractivity contribution < 1.29 is 34.6 Å². The summed E-state index contributed by atoms with van der Waals surface area (Å²) in [6.45, 7) is 15.4. The predicted octanol–water partition coefficient (Wildman–Crippen LogP) is 15.6. The van der Waals surface area contributed by atoms with Gasteiger partial charge < -0.3 is 9.30 Å². The average molecular weight is 1050 g/mol. The summed E-state index contributed by atoms with van der Waals surface area (Å²) in [5, 5.41) is 2.15. The summed E-state index contributed by atoms with van der Waals surface area (Å²) in [6, 6.07) is 57.5. The molecule has 0 saturated heterocycles. The average Bonchev–Trinajstić information content (AvgIpc) is 3.84. The van der Waals surface area contributed by atoms with Gasteiger partial charge in [0.05, 0.1) is 11.1 Å². The molecule has 5 nitrogen and oxygen atoms in total. The maximum atomic E-state index is 15.0. The zero-order valence-electron chi connectivity index (χ0n) is 37.9. The summed E-state index contributed by atoms with van der Waals surface area (Å²) < 4.78 is 42.8. The van der Waals surface area contributed by atoms with Crippen LogP contribution in [0.1, 0.15) is 77.0 Å². The molecular weight excluding hydrogens is 1000 g/mol. The molecule has 0 bridgehead atoms. The molecule has 8 heteroatoms. The van der Waals surface area contributed by atoms with Crippen LogP contribution in [0.4, 0.5) is 31.5 Å². The van der Waals surface area contributed by atoms with Gasteiger partial charge in [0.25, 0.3) is 11.4 Å². The fraction of sp³-hybridized carbons (Fsp3) is 0.172. The van der Waals surface area contributed by atoms with Crippen molar-refractivity contribution in [3.8, 4) is 39.6 Å². The van der Waals surface area contributed by atoms with E-state index in [9.17, 15) is 0 Å². The minimum atomic E-state index is -0.646. The van der Waals surface area contributed by atoms with E-state index in [1.165, 1.54) is 28.8 Å². The smallest absolute Gasteiger partial charge is 0.509 e. The summed E-state index contributed by atoms with van der Waals surface area (Å²) in [5.41, 5.74) is 11.6. The second-order valence-electron chi connectivity index (χ2n) is 18.4. The zero-order valence-corrected chi connectivity index (χ0v) is 40.1. The summed E-state index contributed by atoms with van der Waals surface area (Å²) >= 11 is 0. The Balaban J connectivity index is 0.00000548. The van der Waals surface area contributed by atoms with E-state index in [1.54, 1.807) is 0 Å². The van der Waals surface area contributed by atoms with Crippen LogP contribution in [-0.4, -0.2) is 15.6 Å². The Morgan fingerprint density at radius 1 is 0.621 bits per heavy atom. The molecule has 10 rings (SSSR count). The second kappa shape index (κ2) is 17.5. The molecule has 0 aliphatic carbocycles. The van der Waals surface area contributed by atoms with E-state index in [0.29, 0.717) is 28.3 Å². The molecule has 2 aromatic heterocycles. The van der Waals surface area contributed by atoms with E-state index < -0.39 is 11.6 Å². The number of halogens is 2. The quantitative estimate of drug-likeness (QED) is 0.107. The molecule has 0 unspecified atom stereocenters. The van der Waals surface area contributed by atoms with E-state index in [1.807, 2.05) is 82.1 Å². The monoisotopic (exact) mass is 1050 g/mol. The number of aromatic nitrogens is 2. The molecule has 1 aliphatic heterocycles. The third-order valence-corrected chi connectivity index (χ3v) is 12.2. The van der Waals surface area contributed by atoms with E-state index in [-0.39, 0.29) is 38.3 Å². The first-order valence-electron chi connectivity index (χ1n) is 22.1. The van der Waals surface area contributed by atoms with Crippen molar-refractivity contribution in [2.75, 3.05) is 0 Å². The van der Waals surface area contributed by atoms with Gasteiger partial charge in [-0.25, -0.2) is 13.8 Å². The fourth-order valence-electron chi connectivity index (χ4n) is 8.79. The van der Waals surface area contributed by atoms with E-state index >= 15 is 8.78 Å². The van der Waals surface area contributed by atoms with Crippen molar-refractivity contribution in [2.24, 2.45) is 0 Å². The molecule has 328 valence electrons. The van der Waals surface area contributed by atoms with Crippen molar-refractivity contribution in [3.63, 3.8) is 0 Å². The Hall–Kier alpha value is -6.78. The van der Waals surface area contributed by atoms with Crippen LogP contribution in [0, 0.1) is 23.8 Å². The first-order chi connectivity index (χ1) is 31.3. The van der Waals surface area contributed by atoms with Crippen LogP contribution in [-0.2, 0) is 26.5 Å². The normalized spacial score (nSPS) is 12.4. The maximum Gasteiger partial charge on any atom is 2.00 e. The van der Waals surface area contributed by atoms with Crippen LogP contribution in [0.2, 0.25) is 0 Å².